The van der Waals surface area contributed by atoms with Crippen molar-refractivity contribution in [3.63, 3.8) is 0 Å². The molecule has 0 radical (unpaired) electrons. The lowest BCUT2D eigenvalue weighted by molar-refractivity contribution is -0.132. The van der Waals surface area contributed by atoms with E-state index in [9.17, 15) is 4.79 Å². The second-order valence-electron chi connectivity index (χ2n) is 7.23. The predicted octanol–water partition coefficient (Wildman–Crippen LogP) is 4.20. The zero-order valence-corrected chi connectivity index (χ0v) is 14.8. The van der Waals surface area contributed by atoms with Gasteiger partial charge in [0, 0.05) is 24.9 Å². The number of hydrogen-bond donors (Lipinski definition) is 1. The number of fused-ring (bicyclic) bond motifs is 1. The lowest BCUT2D eigenvalue weighted by atomic mass is 9.80. The van der Waals surface area contributed by atoms with Gasteiger partial charge >= 0.3 is 0 Å². The van der Waals surface area contributed by atoms with Crippen LogP contribution in [0.5, 0.6) is 5.75 Å². The summed E-state index contributed by atoms with van der Waals surface area (Å²) in [4.78, 5) is 18.4. The molecule has 2 unspecified atom stereocenters. The third kappa shape index (κ3) is 3.17. The van der Waals surface area contributed by atoms with Gasteiger partial charge in [0.2, 0.25) is 5.91 Å². The summed E-state index contributed by atoms with van der Waals surface area (Å²) < 4.78 is 5.35. The third-order valence-electron chi connectivity index (χ3n) is 5.76. The minimum Gasteiger partial charge on any atom is -0.497 e. The molecule has 1 aromatic carbocycles. The van der Waals surface area contributed by atoms with Crippen molar-refractivity contribution in [2.75, 3.05) is 13.7 Å². The lowest BCUT2D eigenvalue weighted by Crippen LogP contribution is -2.32. The first kappa shape index (κ1) is 16.2. The molecule has 2 heterocycles. The van der Waals surface area contributed by atoms with E-state index < -0.39 is 0 Å². The molecule has 1 aromatic heterocycles. The summed E-state index contributed by atoms with van der Waals surface area (Å²) in [5.74, 6) is 1.55. The number of aromatic amines is 1. The van der Waals surface area contributed by atoms with E-state index in [1.807, 2.05) is 18.3 Å². The summed E-state index contributed by atoms with van der Waals surface area (Å²) in [7, 11) is 1.71. The zero-order valence-electron chi connectivity index (χ0n) is 14.8. The number of aryl methyl sites for hydroxylation is 1. The first-order valence-electron chi connectivity index (χ1n) is 9.36. The van der Waals surface area contributed by atoms with Gasteiger partial charge in [-0.2, -0.15) is 0 Å². The number of hydrogen-bond acceptors (Lipinski definition) is 2. The highest BCUT2D eigenvalue weighted by Crippen LogP contribution is 2.38. The van der Waals surface area contributed by atoms with Crippen LogP contribution < -0.4 is 4.74 Å². The normalized spacial score (nSPS) is 22.7. The number of nitrogens with one attached hydrogen (secondary N) is 1. The van der Waals surface area contributed by atoms with Crippen molar-refractivity contribution in [2.24, 2.45) is 0 Å². The predicted molar refractivity (Wildman–Crippen MR) is 97.8 cm³/mol. The molecule has 4 rings (SSSR count). The highest BCUT2D eigenvalue weighted by molar-refractivity contribution is 5.78. The molecule has 132 valence electrons. The molecule has 2 aromatic rings. The van der Waals surface area contributed by atoms with E-state index in [4.69, 9.17) is 4.74 Å². The SMILES string of the molecule is COc1ccc2c(c1)CCCC2CC(=O)N1CCCC1c1ccc[nH]1. The summed E-state index contributed by atoms with van der Waals surface area (Å²) in [5.41, 5.74) is 3.86. The molecular weight excluding hydrogens is 312 g/mol. The van der Waals surface area contributed by atoms with Crippen molar-refractivity contribution in [3.05, 3.63) is 53.3 Å². The van der Waals surface area contributed by atoms with Crippen LogP contribution in [0.4, 0.5) is 0 Å². The first-order chi connectivity index (χ1) is 12.3. The number of H-pyrrole nitrogens is 1. The van der Waals surface area contributed by atoms with Gasteiger partial charge in [-0.25, -0.2) is 0 Å². The molecule has 4 heteroatoms. The average Bonchev–Trinajstić information content (AvgIpc) is 3.32. The molecule has 1 N–H and O–H groups in total. The molecule has 2 aliphatic rings. The van der Waals surface area contributed by atoms with Crippen LogP contribution in [0, 0.1) is 0 Å². The Morgan fingerprint density at radius 2 is 2.20 bits per heavy atom. The molecule has 1 fully saturated rings. The number of carbonyl (C=O) groups excluding carboxylic acids is 1. The van der Waals surface area contributed by atoms with Gasteiger partial charge in [-0.15, -0.1) is 0 Å². The largest absolute Gasteiger partial charge is 0.497 e. The second-order valence-corrected chi connectivity index (χ2v) is 7.23. The van der Waals surface area contributed by atoms with E-state index in [1.165, 1.54) is 16.8 Å². The Morgan fingerprint density at radius 1 is 1.28 bits per heavy atom. The van der Waals surface area contributed by atoms with Gasteiger partial charge in [-0.05, 0) is 73.4 Å². The summed E-state index contributed by atoms with van der Waals surface area (Å²) in [6.45, 7) is 0.880. The average molecular weight is 338 g/mol. The number of nitrogens with zero attached hydrogens (tertiary/aromatic N) is 1. The monoisotopic (exact) mass is 338 g/mol. The van der Waals surface area contributed by atoms with E-state index >= 15 is 0 Å². The number of rotatable bonds is 4. The topological polar surface area (TPSA) is 45.3 Å². The molecule has 4 nitrogen and oxygen atoms in total. The van der Waals surface area contributed by atoms with Crippen LogP contribution in [-0.4, -0.2) is 29.4 Å². The van der Waals surface area contributed by atoms with Gasteiger partial charge in [0.25, 0.3) is 0 Å². The van der Waals surface area contributed by atoms with Crippen molar-refractivity contribution in [2.45, 2.75) is 50.5 Å². The van der Waals surface area contributed by atoms with Crippen LogP contribution in [-0.2, 0) is 11.2 Å². The quantitative estimate of drug-likeness (QED) is 0.908. The fourth-order valence-electron chi connectivity index (χ4n) is 4.50. The number of ether oxygens (including phenoxy) is 1. The van der Waals surface area contributed by atoms with E-state index in [2.05, 4.69) is 28.1 Å². The zero-order chi connectivity index (χ0) is 17.2. The number of benzene rings is 1. The smallest absolute Gasteiger partial charge is 0.223 e. The van der Waals surface area contributed by atoms with E-state index in [0.29, 0.717) is 18.2 Å². The van der Waals surface area contributed by atoms with Gasteiger partial charge in [-0.1, -0.05) is 6.07 Å². The van der Waals surface area contributed by atoms with Crippen LogP contribution in [0.3, 0.4) is 0 Å². The standard InChI is InChI=1S/C21H26N2O2/c1-25-17-9-10-18-15(13-17)5-2-6-16(18)14-21(24)23-12-4-8-20(23)19-7-3-11-22-19/h3,7,9-11,13,16,20,22H,2,4-6,8,12,14H2,1H3. The summed E-state index contributed by atoms with van der Waals surface area (Å²) in [5, 5.41) is 0. The molecule has 0 saturated carbocycles. The van der Waals surface area contributed by atoms with Crippen molar-refractivity contribution >= 4 is 5.91 Å². The van der Waals surface area contributed by atoms with Gasteiger partial charge in [0.05, 0.1) is 13.2 Å². The number of amides is 1. The van der Waals surface area contributed by atoms with Crippen LogP contribution >= 0.6 is 0 Å². The Morgan fingerprint density at radius 3 is 3.00 bits per heavy atom. The highest BCUT2D eigenvalue weighted by atomic mass is 16.5. The summed E-state index contributed by atoms with van der Waals surface area (Å²) >= 11 is 0. The maximum absolute atomic E-state index is 13.0. The number of methoxy groups -OCH3 is 1. The van der Waals surface area contributed by atoms with Gasteiger partial charge in [0.15, 0.2) is 0 Å². The van der Waals surface area contributed by atoms with Gasteiger partial charge in [-0.3, -0.25) is 4.79 Å². The fraction of sp³-hybridized carbons (Fsp3) is 0.476. The first-order valence-corrected chi connectivity index (χ1v) is 9.36. The van der Waals surface area contributed by atoms with Gasteiger partial charge < -0.3 is 14.6 Å². The fourth-order valence-corrected chi connectivity index (χ4v) is 4.50. The molecular formula is C21H26N2O2. The molecule has 1 amide bonds. The van der Waals surface area contributed by atoms with Gasteiger partial charge in [0.1, 0.15) is 5.75 Å². The molecule has 1 saturated heterocycles. The molecule has 25 heavy (non-hydrogen) atoms. The van der Waals surface area contributed by atoms with Crippen molar-refractivity contribution in [1.29, 1.82) is 0 Å². The minimum atomic E-state index is 0.224. The minimum absolute atomic E-state index is 0.224. The van der Waals surface area contributed by atoms with Crippen LogP contribution in [0.25, 0.3) is 0 Å². The van der Waals surface area contributed by atoms with E-state index in [1.54, 1.807) is 7.11 Å². The molecule has 0 bridgehead atoms. The summed E-state index contributed by atoms with van der Waals surface area (Å²) in [6, 6.07) is 10.7. The van der Waals surface area contributed by atoms with Crippen molar-refractivity contribution in [3.8, 4) is 5.75 Å². The number of carbonyl (C=O) groups is 1. The van der Waals surface area contributed by atoms with Crippen molar-refractivity contribution in [1.82, 2.24) is 9.88 Å². The maximum Gasteiger partial charge on any atom is 0.223 e. The number of likely N-dealkylation sites (tertiary alicyclic amines) is 1. The van der Waals surface area contributed by atoms with Crippen LogP contribution in [0.1, 0.15) is 60.9 Å². The Hall–Kier alpha value is -2.23. The Labute approximate surface area is 149 Å². The Kier molecular flexibility index (Phi) is 4.51. The molecule has 1 aliphatic carbocycles. The van der Waals surface area contributed by atoms with Crippen LogP contribution in [0.2, 0.25) is 0 Å². The summed E-state index contributed by atoms with van der Waals surface area (Å²) in [6.07, 6.45) is 8.06. The number of aromatic nitrogens is 1. The Bertz CT molecular complexity index is 738. The van der Waals surface area contributed by atoms with Crippen LogP contribution in [0.15, 0.2) is 36.5 Å². The lowest BCUT2D eigenvalue weighted by Gasteiger charge is -2.29. The highest BCUT2D eigenvalue weighted by Gasteiger charge is 2.32. The molecule has 1 aliphatic heterocycles. The third-order valence-corrected chi connectivity index (χ3v) is 5.76. The van der Waals surface area contributed by atoms with E-state index in [-0.39, 0.29) is 6.04 Å². The molecule has 2 atom stereocenters. The maximum atomic E-state index is 13.0. The van der Waals surface area contributed by atoms with E-state index in [0.717, 1.165) is 44.4 Å². The second kappa shape index (κ2) is 6.95. The molecule has 0 spiro atoms. The Balaban J connectivity index is 1.50. The van der Waals surface area contributed by atoms with Crippen molar-refractivity contribution < 1.29 is 9.53 Å².